The lowest BCUT2D eigenvalue weighted by atomic mass is 9.99. The third-order valence-corrected chi connectivity index (χ3v) is 6.17. The van der Waals surface area contributed by atoms with E-state index in [0.29, 0.717) is 45.6 Å². The molecular formula is C17H26FN3O4S. The summed E-state index contributed by atoms with van der Waals surface area (Å²) in [6.07, 6.45) is 1.27. The number of hydrogen-bond donors (Lipinski definition) is 2. The molecule has 2 rings (SSSR count). The Morgan fingerprint density at radius 2 is 2.00 bits per heavy atom. The summed E-state index contributed by atoms with van der Waals surface area (Å²) in [5, 5.41) is 5.96. The molecule has 1 amide bonds. The summed E-state index contributed by atoms with van der Waals surface area (Å²) >= 11 is 0. The maximum atomic E-state index is 13.0. The first kappa shape index (κ1) is 20.8. The van der Waals surface area contributed by atoms with E-state index in [1.54, 1.807) is 7.11 Å². The van der Waals surface area contributed by atoms with Gasteiger partial charge >= 0.3 is 0 Å². The Balaban J connectivity index is 1.87. The van der Waals surface area contributed by atoms with E-state index < -0.39 is 15.8 Å². The first-order valence-electron chi connectivity index (χ1n) is 8.68. The number of rotatable bonds is 9. The predicted octanol–water partition coefficient (Wildman–Crippen LogP) is 0.579. The van der Waals surface area contributed by atoms with Gasteiger partial charge in [-0.25, -0.2) is 12.8 Å². The van der Waals surface area contributed by atoms with Crippen molar-refractivity contribution >= 4 is 15.9 Å². The topological polar surface area (TPSA) is 87.7 Å². The van der Waals surface area contributed by atoms with Crippen molar-refractivity contribution in [2.75, 3.05) is 46.4 Å². The second-order valence-electron chi connectivity index (χ2n) is 6.19. The molecule has 0 saturated carbocycles. The van der Waals surface area contributed by atoms with Gasteiger partial charge in [0.15, 0.2) is 0 Å². The average molecular weight is 387 g/mol. The summed E-state index contributed by atoms with van der Waals surface area (Å²) in [6.45, 7) is 2.92. The molecule has 0 bridgehead atoms. The van der Waals surface area contributed by atoms with Crippen LogP contribution < -0.4 is 10.6 Å². The Hall–Kier alpha value is -1.55. The number of amides is 1. The SMILES string of the molecule is COCCNCCNC(=O)C1CCCN(S(=O)(=O)c2ccc(F)cc2)C1. The molecule has 0 spiro atoms. The highest BCUT2D eigenvalue weighted by Crippen LogP contribution is 2.24. The quantitative estimate of drug-likeness (QED) is 0.605. The molecule has 26 heavy (non-hydrogen) atoms. The Morgan fingerprint density at radius 3 is 2.69 bits per heavy atom. The number of hydrogen-bond acceptors (Lipinski definition) is 5. The number of carbonyl (C=O) groups excluding carboxylic acids is 1. The van der Waals surface area contributed by atoms with E-state index in [2.05, 4.69) is 10.6 Å². The van der Waals surface area contributed by atoms with E-state index in [1.807, 2.05) is 0 Å². The van der Waals surface area contributed by atoms with Crippen molar-refractivity contribution in [2.24, 2.45) is 5.92 Å². The van der Waals surface area contributed by atoms with Crippen LogP contribution in [-0.2, 0) is 19.6 Å². The number of nitrogens with zero attached hydrogens (tertiary/aromatic N) is 1. The third kappa shape index (κ3) is 5.73. The number of benzene rings is 1. The van der Waals surface area contributed by atoms with Crippen LogP contribution in [0.3, 0.4) is 0 Å². The van der Waals surface area contributed by atoms with E-state index in [9.17, 15) is 17.6 Å². The number of carbonyl (C=O) groups is 1. The predicted molar refractivity (Wildman–Crippen MR) is 95.6 cm³/mol. The van der Waals surface area contributed by atoms with Gasteiger partial charge in [-0.2, -0.15) is 4.31 Å². The molecule has 1 fully saturated rings. The van der Waals surface area contributed by atoms with Crippen LogP contribution in [0, 0.1) is 11.7 Å². The minimum atomic E-state index is -3.72. The minimum absolute atomic E-state index is 0.0438. The van der Waals surface area contributed by atoms with Crippen LogP contribution in [0.4, 0.5) is 4.39 Å². The van der Waals surface area contributed by atoms with Crippen LogP contribution in [-0.4, -0.2) is 65.1 Å². The molecule has 1 atom stereocenters. The maximum Gasteiger partial charge on any atom is 0.243 e. The zero-order valence-electron chi connectivity index (χ0n) is 14.9. The molecule has 9 heteroatoms. The summed E-state index contributed by atoms with van der Waals surface area (Å²) in [4.78, 5) is 12.3. The van der Waals surface area contributed by atoms with Crippen molar-refractivity contribution in [1.29, 1.82) is 0 Å². The molecule has 7 nitrogen and oxygen atoms in total. The Labute approximate surface area is 154 Å². The molecular weight excluding hydrogens is 361 g/mol. The molecule has 1 aliphatic heterocycles. The number of ether oxygens (including phenoxy) is 1. The zero-order chi connectivity index (χ0) is 19.0. The minimum Gasteiger partial charge on any atom is -0.383 e. The van der Waals surface area contributed by atoms with Crippen molar-refractivity contribution in [3.63, 3.8) is 0 Å². The van der Waals surface area contributed by atoms with E-state index in [-0.39, 0.29) is 23.3 Å². The smallest absolute Gasteiger partial charge is 0.243 e. The monoisotopic (exact) mass is 387 g/mol. The number of sulfonamides is 1. The average Bonchev–Trinajstić information content (AvgIpc) is 2.65. The first-order valence-corrected chi connectivity index (χ1v) is 10.1. The van der Waals surface area contributed by atoms with Crippen LogP contribution in [0.5, 0.6) is 0 Å². The summed E-state index contributed by atoms with van der Waals surface area (Å²) in [5.74, 6) is -1.01. The van der Waals surface area contributed by atoms with E-state index in [1.165, 1.54) is 16.4 Å². The van der Waals surface area contributed by atoms with Gasteiger partial charge in [0.1, 0.15) is 5.82 Å². The van der Waals surface area contributed by atoms with E-state index in [0.717, 1.165) is 12.1 Å². The summed E-state index contributed by atoms with van der Waals surface area (Å²) in [5.41, 5.74) is 0. The Bertz CT molecular complexity index is 682. The molecule has 1 heterocycles. The van der Waals surface area contributed by atoms with Gasteiger partial charge in [0, 0.05) is 39.8 Å². The van der Waals surface area contributed by atoms with Crippen LogP contribution in [0.25, 0.3) is 0 Å². The summed E-state index contributed by atoms with van der Waals surface area (Å²) in [7, 11) is -2.10. The van der Waals surface area contributed by atoms with Crippen LogP contribution >= 0.6 is 0 Å². The fraction of sp³-hybridized carbons (Fsp3) is 0.588. The van der Waals surface area contributed by atoms with Gasteiger partial charge < -0.3 is 15.4 Å². The molecule has 0 aliphatic carbocycles. The second kappa shape index (κ2) is 9.96. The summed E-state index contributed by atoms with van der Waals surface area (Å²) < 4.78 is 44.6. The highest BCUT2D eigenvalue weighted by molar-refractivity contribution is 7.89. The normalized spacial score (nSPS) is 18.6. The lowest BCUT2D eigenvalue weighted by Gasteiger charge is -2.31. The third-order valence-electron chi connectivity index (χ3n) is 4.29. The van der Waals surface area contributed by atoms with Crippen LogP contribution in [0.15, 0.2) is 29.2 Å². The molecule has 1 saturated heterocycles. The van der Waals surface area contributed by atoms with Gasteiger partial charge in [-0.3, -0.25) is 4.79 Å². The molecule has 1 aromatic rings. The van der Waals surface area contributed by atoms with Crippen molar-refractivity contribution in [3.05, 3.63) is 30.1 Å². The van der Waals surface area contributed by atoms with Gasteiger partial charge in [0.05, 0.1) is 17.4 Å². The van der Waals surface area contributed by atoms with Crippen LogP contribution in [0.2, 0.25) is 0 Å². The molecule has 2 N–H and O–H groups in total. The molecule has 1 aromatic carbocycles. The first-order chi connectivity index (χ1) is 12.4. The Kier molecular flexibility index (Phi) is 7.95. The fourth-order valence-electron chi connectivity index (χ4n) is 2.85. The number of methoxy groups -OCH3 is 1. The highest BCUT2D eigenvalue weighted by Gasteiger charge is 2.33. The fourth-order valence-corrected chi connectivity index (χ4v) is 4.37. The highest BCUT2D eigenvalue weighted by atomic mass is 32.2. The largest absolute Gasteiger partial charge is 0.383 e. The van der Waals surface area contributed by atoms with E-state index in [4.69, 9.17) is 4.74 Å². The van der Waals surface area contributed by atoms with Crippen LogP contribution in [0.1, 0.15) is 12.8 Å². The number of halogens is 1. The lowest BCUT2D eigenvalue weighted by Crippen LogP contribution is -2.46. The molecule has 1 unspecified atom stereocenters. The van der Waals surface area contributed by atoms with Crippen molar-refractivity contribution in [1.82, 2.24) is 14.9 Å². The van der Waals surface area contributed by atoms with Crippen molar-refractivity contribution in [3.8, 4) is 0 Å². The number of nitrogens with one attached hydrogen (secondary N) is 2. The zero-order valence-corrected chi connectivity index (χ0v) is 15.7. The molecule has 146 valence electrons. The van der Waals surface area contributed by atoms with Gasteiger partial charge in [-0.05, 0) is 37.1 Å². The van der Waals surface area contributed by atoms with E-state index >= 15 is 0 Å². The van der Waals surface area contributed by atoms with Gasteiger partial charge in [-0.15, -0.1) is 0 Å². The molecule has 0 radical (unpaired) electrons. The van der Waals surface area contributed by atoms with Crippen molar-refractivity contribution in [2.45, 2.75) is 17.7 Å². The Morgan fingerprint density at radius 1 is 1.27 bits per heavy atom. The molecule has 0 aromatic heterocycles. The van der Waals surface area contributed by atoms with Gasteiger partial charge in [0.25, 0.3) is 0 Å². The standard InChI is InChI=1S/C17H26FN3O4S/c1-25-12-10-19-8-9-20-17(22)14-3-2-11-21(13-14)26(23,24)16-6-4-15(18)5-7-16/h4-7,14,19H,2-3,8-13H2,1H3,(H,20,22). The van der Waals surface area contributed by atoms with Gasteiger partial charge in [-0.1, -0.05) is 0 Å². The lowest BCUT2D eigenvalue weighted by molar-refractivity contribution is -0.126. The second-order valence-corrected chi connectivity index (χ2v) is 8.13. The molecule has 1 aliphatic rings. The number of piperidine rings is 1. The van der Waals surface area contributed by atoms with Crippen molar-refractivity contribution < 1.29 is 22.3 Å². The summed E-state index contributed by atoms with van der Waals surface area (Å²) in [6, 6.07) is 4.75. The maximum absolute atomic E-state index is 13.0. The van der Waals surface area contributed by atoms with Gasteiger partial charge in [0.2, 0.25) is 15.9 Å².